The Kier molecular flexibility index (Phi) is 6.21. The van der Waals surface area contributed by atoms with Gasteiger partial charge in [-0.25, -0.2) is 9.97 Å². The molecule has 3 fully saturated rings. The first kappa shape index (κ1) is 25.3. The van der Waals surface area contributed by atoms with E-state index in [0.29, 0.717) is 34.6 Å². The van der Waals surface area contributed by atoms with Gasteiger partial charge in [-0.3, -0.25) is 4.90 Å². The van der Waals surface area contributed by atoms with E-state index in [4.69, 9.17) is 31.7 Å². The highest BCUT2D eigenvalue weighted by Crippen LogP contribution is 2.54. The number of rotatable bonds is 7. The maximum Gasteiger partial charge on any atom is 0.147 e. The van der Waals surface area contributed by atoms with Crippen molar-refractivity contribution in [2.45, 2.75) is 69.6 Å². The first-order valence-corrected chi connectivity index (χ1v) is 13.8. The Morgan fingerprint density at radius 2 is 1.55 bits per heavy atom. The van der Waals surface area contributed by atoms with Crippen molar-refractivity contribution in [3.05, 3.63) is 70.5 Å². The first-order valence-electron chi connectivity index (χ1n) is 13.4. The third-order valence-corrected chi connectivity index (χ3v) is 8.04. The van der Waals surface area contributed by atoms with Crippen LogP contribution in [0.3, 0.4) is 0 Å². The van der Waals surface area contributed by atoms with Crippen molar-refractivity contribution in [1.29, 1.82) is 5.41 Å². The summed E-state index contributed by atoms with van der Waals surface area (Å²) in [5.41, 5.74) is 3.61. The summed E-state index contributed by atoms with van der Waals surface area (Å²) in [6.07, 6.45) is 5.83. The molecule has 7 nitrogen and oxygen atoms in total. The largest absolute Gasteiger partial charge is 0.366 e. The second-order valence-corrected chi connectivity index (χ2v) is 12.5. The molecule has 8 heteroatoms. The lowest BCUT2D eigenvalue weighted by Gasteiger charge is -2.38. The molecule has 0 amide bonds. The fourth-order valence-electron chi connectivity index (χ4n) is 5.30. The Morgan fingerprint density at radius 1 is 0.947 bits per heavy atom. The fourth-order valence-corrected chi connectivity index (χ4v) is 5.48. The lowest BCUT2D eigenvalue weighted by molar-refractivity contribution is -0.120. The van der Waals surface area contributed by atoms with Gasteiger partial charge in [0.25, 0.3) is 0 Å². The van der Waals surface area contributed by atoms with Crippen LogP contribution in [-0.4, -0.2) is 45.4 Å². The van der Waals surface area contributed by atoms with E-state index in [1.165, 1.54) is 11.8 Å². The van der Waals surface area contributed by atoms with Gasteiger partial charge in [0, 0.05) is 25.0 Å². The van der Waals surface area contributed by atoms with E-state index in [2.05, 4.69) is 60.6 Å². The van der Waals surface area contributed by atoms with Gasteiger partial charge < -0.3 is 20.8 Å². The highest BCUT2D eigenvalue weighted by molar-refractivity contribution is 6.33. The van der Waals surface area contributed by atoms with Gasteiger partial charge in [0.05, 0.1) is 34.0 Å². The number of halogens is 1. The monoisotopic (exact) mass is 530 g/mol. The van der Waals surface area contributed by atoms with Crippen LogP contribution in [-0.2, 0) is 16.7 Å². The van der Waals surface area contributed by atoms with E-state index in [1.807, 2.05) is 24.3 Å². The van der Waals surface area contributed by atoms with E-state index >= 15 is 0 Å². The number of anilines is 4. The summed E-state index contributed by atoms with van der Waals surface area (Å²) >= 11 is 6.46. The predicted octanol–water partition coefficient (Wildman–Crippen LogP) is 6.81. The summed E-state index contributed by atoms with van der Waals surface area (Å²) < 4.78 is 6.49. The van der Waals surface area contributed by atoms with E-state index < -0.39 is 0 Å². The van der Waals surface area contributed by atoms with Gasteiger partial charge in [-0.1, -0.05) is 56.6 Å². The molecular formula is C30H35ClN6O. The third-order valence-electron chi connectivity index (χ3n) is 7.71. The standard InChI is InChI=1S/C30H35ClN6O/c1-28(2,3)20-8-10-21(11-9-20)33-26-22(16-32)27(34-24-7-5-4-6-23(24)31)36-25(35-26)17-37-18-29(12-13-29)38-30(19-37)14-15-30/h4-11,16,32H,12-15,17-19H2,1-3H3,(H2,33,34,35,36). The number of ether oxygens (including phenoxy) is 1. The van der Waals surface area contributed by atoms with Gasteiger partial charge in [0.15, 0.2) is 0 Å². The lowest BCUT2D eigenvalue weighted by Crippen LogP contribution is -2.50. The second-order valence-electron chi connectivity index (χ2n) is 12.1. The number of para-hydroxylation sites is 1. The van der Waals surface area contributed by atoms with Crippen LogP contribution in [0.5, 0.6) is 0 Å². The summed E-state index contributed by atoms with van der Waals surface area (Å²) in [6, 6.07) is 16.0. The average molecular weight is 531 g/mol. The molecule has 0 bridgehead atoms. The molecule has 2 heterocycles. The van der Waals surface area contributed by atoms with Crippen molar-refractivity contribution in [2.24, 2.45) is 0 Å². The van der Waals surface area contributed by atoms with Crippen molar-refractivity contribution >= 4 is 40.8 Å². The number of nitrogens with zero attached hydrogens (tertiary/aromatic N) is 3. The molecule has 3 aliphatic rings. The normalized spacial score (nSPS) is 19.4. The van der Waals surface area contributed by atoms with Crippen LogP contribution in [0.15, 0.2) is 48.5 Å². The van der Waals surface area contributed by atoms with Gasteiger partial charge in [-0.15, -0.1) is 0 Å². The van der Waals surface area contributed by atoms with Crippen LogP contribution in [0.4, 0.5) is 23.0 Å². The van der Waals surface area contributed by atoms with Crippen LogP contribution in [0, 0.1) is 5.41 Å². The second kappa shape index (κ2) is 9.33. The lowest BCUT2D eigenvalue weighted by atomic mass is 9.87. The third kappa shape index (κ3) is 5.28. The summed E-state index contributed by atoms with van der Waals surface area (Å²) in [5, 5.41) is 15.6. The van der Waals surface area contributed by atoms with Crippen molar-refractivity contribution < 1.29 is 4.74 Å². The Hall–Kier alpha value is -3.00. The Bertz CT molecular complexity index is 1340. The minimum absolute atomic E-state index is 0.0260. The molecule has 2 spiro atoms. The molecule has 6 rings (SSSR count). The molecule has 1 saturated heterocycles. The maximum atomic E-state index is 8.23. The molecule has 1 aromatic heterocycles. The number of hydrogen-bond acceptors (Lipinski definition) is 7. The van der Waals surface area contributed by atoms with Gasteiger partial charge in [0.1, 0.15) is 17.5 Å². The molecule has 2 saturated carbocycles. The molecular weight excluding hydrogens is 496 g/mol. The first-order chi connectivity index (χ1) is 18.2. The highest BCUT2D eigenvalue weighted by atomic mass is 35.5. The topological polar surface area (TPSA) is 86.2 Å². The van der Waals surface area contributed by atoms with Crippen molar-refractivity contribution in [3.63, 3.8) is 0 Å². The molecule has 198 valence electrons. The van der Waals surface area contributed by atoms with Gasteiger partial charge in [0.2, 0.25) is 0 Å². The Morgan fingerprint density at radius 3 is 2.11 bits per heavy atom. The number of hydrogen-bond donors (Lipinski definition) is 3. The molecule has 38 heavy (non-hydrogen) atoms. The number of aromatic nitrogens is 2. The zero-order valence-corrected chi connectivity index (χ0v) is 23.0. The number of benzene rings is 2. The SMILES string of the molecule is CC(C)(C)c1ccc(Nc2nc(CN3CC4(CC4)OC4(CC4)C3)nc(Nc3ccccc3Cl)c2C=N)cc1. The zero-order valence-electron chi connectivity index (χ0n) is 22.3. The quantitative estimate of drug-likeness (QED) is 0.291. The minimum atomic E-state index is 0.0260. The molecule has 1 aliphatic heterocycles. The molecule has 2 aromatic carbocycles. The van der Waals surface area contributed by atoms with Crippen LogP contribution in [0.1, 0.15) is 63.4 Å². The minimum Gasteiger partial charge on any atom is -0.366 e. The van der Waals surface area contributed by atoms with Crippen LogP contribution in [0.25, 0.3) is 0 Å². The Balaban J connectivity index is 1.34. The Labute approximate surface area is 229 Å². The highest BCUT2D eigenvalue weighted by Gasteiger charge is 2.59. The van der Waals surface area contributed by atoms with E-state index in [-0.39, 0.29) is 16.6 Å². The molecule has 3 aromatic rings. The van der Waals surface area contributed by atoms with Gasteiger partial charge >= 0.3 is 0 Å². The van der Waals surface area contributed by atoms with Crippen LogP contribution >= 0.6 is 11.6 Å². The van der Waals surface area contributed by atoms with Crippen LogP contribution < -0.4 is 10.6 Å². The van der Waals surface area contributed by atoms with Crippen molar-refractivity contribution in [1.82, 2.24) is 14.9 Å². The van der Waals surface area contributed by atoms with E-state index in [0.717, 1.165) is 50.1 Å². The van der Waals surface area contributed by atoms with E-state index in [1.54, 1.807) is 0 Å². The summed E-state index contributed by atoms with van der Waals surface area (Å²) in [4.78, 5) is 12.3. The van der Waals surface area contributed by atoms with Crippen molar-refractivity contribution in [2.75, 3.05) is 23.7 Å². The number of morpholine rings is 1. The molecule has 0 unspecified atom stereocenters. The summed E-state index contributed by atoms with van der Waals surface area (Å²) in [6.45, 7) is 9.06. The van der Waals surface area contributed by atoms with Crippen LogP contribution in [0.2, 0.25) is 5.02 Å². The zero-order chi connectivity index (χ0) is 26.5. The fraction of sp³-hybridized carbons (Fsp3) is 0.433. The molecule has 0 atom stereocenters. The molecule has 0 radical (unpaired) electrons. The van der Waals surface area contributed by atoms with E-state index in [9.17, 15) is 0 Å². The molecule has 3 N–H and O–H groups in total. The smallest absolute Gasteiger partial charge is 0.147 e. The number of nitrogens with one attached hydrogen (secondary N) is 3. The summed E-state index contributed by atoms with van der Waals surface area (Å²) in [7, 11) is 0. The predicted molar refractivity (Wildman–Crippen MR) is 153 cm³/mol. The summed E-state index contributed by atoms with van der Waals surface area (Å²) in [5.74, 6) is 1.86. The maximum absolute atomic E-state index is 8.23. The van der Waals surface area contributed by atoms with Crippen molar-refractivity contribution in [3.8, 4) is 0 Å². The van der Waals surface area contributed by atoms with Gasteiger partial charge in [-0.2, -0.15) is 0 Å². The average Bonchev–Trinajstić information content (AvgIpc) is 3.79. The van der Waals surface area contributed by atoms with Gasteiger partial charge in [-0.05, 0) is 60.9 Å². The molecule has 2 aliphatic carbocycles.